The molecule has 7 nitrogen and oxygen atoms in total. The fourth-order valence-electron chi connectivity index (χ4n) is 3.10. The van der Waals surface area contributed by atoms with E-state index in [-0.39, 0.29) is 23.1 Å². The van der Waals surface area contributed by atoms with Crippen molar-refractivity contribution in [2.45, 2.75) is 13.3 Å². The molecule has 0 saturated heterocycles. The van der Waals surface area contributed by atoms with Crippen LogP contribution in [-0.2, 0) is 16.0 Å². The number of Topliss-reactive ketones (excluding diaryl/α,β-unsaturated/α-hetero) is 1. The lowest BCUT2D eigenvalue weighted by Crippen LogP contribution is -2.26. The van der Waals surface area contributed by atoms with Gasteiger partial charge in [0, 0.05) is 29.7 Å². The third-order valence-corrected chi connectivity index (χ3v) is 4.94. The number of anilines is 2. The number of amides is 3. The summed E-state index contributed by atoms with van der Waals surface area (Å²) in [5, 5.41) is 8.52. The Morgan fingerprint density at radius 3 is 2.30 bits per heavy atom. The SMILES string of the molecule is CC(=O)Nc1ccccc1C(=O)C(=O)Nc1cccc(C(=O)NCCc2ccc(Cl)cc2)c1. The molecule has 0 aliphatic carbocycles. The molecule has 0 radical (unpaired) electrons. The summed E-state index contributed by atoms with van der Waals surface area (Å²) in [6, 6.07) is 19.9. The largest absolute Gasteiger partial charge is 0.352 e. The van der Waals surface area contributed by atoms with Gasteiger partial charge in [-0.25, -0.2) is 0 Å². The standard InChI is InChI=1S/C25H22ClN3O4/c1-16(30)28-22-8-3-2-7-21(22)23(31)25(33)29-20-6-4-5-18(15-20)24(32)27-14-13-17-9-11-19(26)12-10-17/h2-12,15H,13-14H2,1H3,(H,27,32)(H,28,30)(H,29,33). The van der Waals surface area contributed by atoms with Gasteiger partial charge in [0.05, 0.1) is 11.3 Å². The maximum Gasteiger partial charge on any atom is 0.296 e. The molecule has 3 amide bonds. The van der Waals surface area contributed by atoms with E-state index >= 15 is 0 Å². The van der Waals surface area contributed by atoms with Gasteiger partial charge in [0.1, 0.15) is 0 Å². The zero-order chi connectivity index (χ0) is 23.8. The number of para-hydroxylation sites is 1. The zero-order valence-electron chi connectivity index (χ0n) is 17.9. The summed E-state index contributed by atoms with van der Waals surface area (Å²) < 4.78 is 0. The Kier molecular flexibility index (Phi) is 7.94. The molecule has 0 bridgehead atoms. The summed E-state index contributed by atoms with van der Waals surface area (Å²) in [6.45, 7) is 1.74. The van der Waals surface area contributed by atoms with Crippen LogP contribution in [0, 0.1) is 0 Å². The smallest absolute Gasteiger partial charge is 0.296 e. The van der Waals surface area contributed by atoms with Crippen molar-refractivity contribution in [2.75, 3.05) is 17.2 Å². The molecule has 0 unspecified atom stereocenters. The van der Waals surface area contributed by atoms with Crippen molar-refractivity contribution in [1.82, 2.24) is 5.32 Å². The van der Waals surface area contributed by atoms with Crippen LogP contribution in [0.1, 0.15) is 33.2 Å². The number of carbonyl (C=O) groups excluding carboxylic acids is 4. The average molecular weight is 464 g/mol. The second-order valence-corrected chi connectivity index (χ2v) is 7.66. The van der Waals surface area contributed by atoms with Crippen LogP contribution < -0.4 is 16.0 Å². The molecule has 0 saturated carbocycles. The Morgan fingerprint density at radius 2 is 1.58 bits per heavy atom. The Bertz CT molecular complexity index is 1190. The summed E-state index contributed by atoms with van der Waals surface area (Å²) in [4.78, 5) is 48.9. The highest BCUT2D eigenvalue weighted by Gasteiger charge is 2.20. The van der Waals surface area contributed by atoms with Gasteiger partial charge in [0.15, 0.2) is 0 Å². The quantitative estimate of drug-likeness (QED) is 0.345. The average Bonchev–Trinajstić information content (AvgIpc) is 2.80. The van der Waals surface area contributed by atoms with E-state index in [0.717, 1.165) is 5.56 Å². The van der Waals surface area contributed by atoms with E-state index in [9.17, 15) is 19.2 Å². The summed E-state index contributed by atoms with van der Waals surface area (Å²) >= 11 is 5.87. The number of nitrogens with one attached hydrogen (secondary N) is 3. The zero-order valence-corrected chi connectivity index (χ0v) is 18.6. The van der Waals surface area contributed by atoms with Crippen LogP contribution in [-0.4, -0.2) is 30.0 Å². The normalized spacial score (nSPS) is 10.2. The van der Waals surface area contributed by atoms with Crippen molar-refractivity contribution < 1.29 is 19.2 Å². The second kappa shape index (κ2) is 11.1. The van der Waals surface area contributed by atoms with Crippen LogP contribution in [0.3, 0.4) is 0 Å². The van der Waals surface area contributed by atoms with Gasteiger partial charge in [0.25, 0.3) is 17.6 Å². The fraction of sp³-hybridized carbons (Fsp3) is 0.120. The maximum absolute atomic E-state index is 12.6. The Labute approximate surface area is 196 Å². The molecule has 3 aromatic carbocycles. The van der Waals surface area contributed by atoms with E-state index in [1.807, 2.05) is 12.1 Å². The van der Waals surface area contributed by atoms with Gasteiger partial charge in [-0.05, 0) is 54.4 Å². The number of carbonyl (C=O) groups is 4. The molecule has 168 valence electrons. The molecule has 0 spiro atoms. The third kappa shape index (κ3) is 6.75. The number of rotatable bonds is 8. The minimum Gasteiger partial charge on any atom is -0.352 e. The molecule has 3 rings (SSSR count). The highest BCUT2D eigenvalue weighted by atomic mass is 35.5. The molecule has 0 fully saturated rings. The lowest BCUT2D eigenvalue weighted by molar-refractivity contribution is -0.114. The van der Waals surface area contributed by atoms with Crippen molar-refractivity contribution in [2.24, 2.45) is 0 Å². The number of benzene rings is 3. The van der Waals surface area contributed by atoms with Crippen molar-refractivity contribution in [3.8, 4) is 0 Å². The van der Waals surface area contributed by atoms with E-state index in [0.29, 0.717) is 29.2 Å². The molecule has 3 aromatic rings. The first kappa shape index (κ1) is 23.7. The molecular formula is C25H22ClN3O4. The summed E-state index contributed by atoms with van der Waals surface area (Å²) in [5.41, 5.74) is 2.00. The van der Waals surface area contributed by atoms with Gasteiger partial charge in [0.2, 0.25) is 5.91 Å². The minimum absolute atomic E-state index is 0.0706. The van der Waals surface area contributed by atoms with Crippen molar-refractivity contribution in [3.63, 3.8) is 0 Å². The Morgan fingerprint density at radius 1 is 0.848 bits per heavy atom. The topological polar surface area (TPSA) is 104 Å². The first-order valence-electron chi connectivity index (χ1n) is 10.2. The number of ketones is 1. The molecule has 0 heterocycles. The third-order valence-electron chi connectivity index (χ3n) is 4.68. The number of halogens is 1. The molecular weight excluding hydrogens is 442 g/mol. The van der Waals surface area contributed by atoms with Gasteiger partial charge in [-0.3, -0.25) is 19.2 Å². The fourth-order valence-corrected chi connectivity index (χ4v) is 3.23. The lowest BCUT2D eigenvalue weighted by Gasteiger charge is -2.10. The molecule has 33 heavy (non-hydrogen) atoms. The van der Waals surface area contributed by atoms with Crippen LogP contribution >= 0.6 is 11.6 Å². The van der Waals surface area contributed by atoms with Crippen molar-refractivity contribution >= 4 is 46.5 Å². The molecule has 3 N–H and O–H groups in total. The van der Waals surface area contributed by atoms with Gasteiger partial charge < -0.3 is 16.0 Å². The maximum atomic E-state index is 12.6. The minimum atomic E-state index is -0.881. The van der Waals surface area contributed by atoms with Crippen LogP contribution in [0.15, 0.2) is 72.8 Å². The van der Waals surface area contributed by atoms with Crippen molar-refractivity contribution in [1.29, 1.82) is 0 Å². The van der Waals surface area contributed by atoms with Gasteiger partial charge in [-0.1, -0.05) is 41.9 Å². The highest BCUT2D eigenvalue weighted by Crippen LogP contribution is 2.17. The molecule has 8 heteroatoms. The van der Waals surface area contributed by atoms with Crippen molar-refractivity contribution in [3.05, 3.63) is 94.5 Å². The molecule has 0 aromatic heterocycles. The van der Waals surface area contributed by atoms with Crippen LogP contribution in [0.2, 0.25) is 5.02 Å². The van der Waals surface area contributed by atoms with E-state index in [2.05, 4.69) is 16.0 Å². The van der Waals surface area contributed by atoms with Crippen LogP contribution in [0.5, 0.6) is 0 Å². The monoisotopic (exact) mass is 463 g/mol. The predicted molar refractivity (Wildman–Crippen MR) is 128 cm³/mol. The van der Waals surface area contributed by atoms with Gasteiger partial charge in [-0.2, -0.15) is 0 Å². The Balaban J connectivity index is 1.61. The molecule has 0 aliphatic heterocycles. The summed E-state index contributed by atoms with van der Waals surface area (Å²) in [5.74, 6) is -2.35. The van der Waals surface area contributed by atoms with E-state index in [1.165, 1.54) is 25.1 Å². The number of hydrogen-bond acceptors (Lipinski definition) is 4. The van der Waals surface area contributed by atoms with Crippen LogP contribution in [0.4, 0.5) is 11.4 Å². The first-order chi connectivity index (χ1) is 15.8. The van der Waals surface area contributed by atoms with E-state index in [1.54, 1.807) is 42.5 Å². The van der Waals surface area contributed by atoms with Gasteiger partial charge in [-0.15, -0.1) is 0 Å². The summed E-state index contributed by atoms with van der Waals surface area (Å²) in [6.07, 6.45) is 0.640. The van der Waals surface area contributed by atoms with Gasteiger partial charge >= 0.3 is 0 Å². The second-order valence-electron chi connectivity index (χ2n) is 7.22. The highest BCUT2D eigenvalue weighted by molar-refractivity contribution is 6.47. The molecule has 0 aliphatic rings. The molecule has 0 atom stereocenters. The lowest BCUT2D eigenvalue weighted by atomic mass is 10.1. The van der Waals surface area contributed by atoms with E-state index in [4.69, 9.17) is 11.6 Å². The van der Waals surface area contributed by atoms with E-state index < -0.39 is 11.7 Å². The first-order valence-corrected chi connectivity index (χ1v) is 10.6. The van der Waals surface area contributed by atoms with Crippen LogP contribution in [0.25, 0.3) is 0 Å². The summed E-state index contributed by atoms with van der Waals surface area (Å²) in [7, 11) is 0. The number of hydrogen-bond donors (Lipinski definition) is 3. The predicted octanol–water partition coefficient (Wildman–Crippen LogP) is 4.09. The Hall–Kier alpha value is -3.97.